The number of carbonyl (C=O) groups is 2. The number of nitrogens with zero attached hydrogens (tertiary/aromatic N) is 2. The molecule has 0 spiro atoms. The van der Waals surface area contributed by atoms with Crippen LogP contribution >= 0.6 is 34.8 Å². The van der Waals surface area contributed by atoms with Gasteiger partial charge in [-0.3, -0.25) is 14.9 Å². The fourth-order valence-corrected chi connectivity index (χ4v) is 3.36. The van der Waals surface area contributed by atoms with Gasteiger partial charge in [0.1, 0.15) is 17.4 Å². The first-order valence-electron chi connectivity index (χ1n) is 9.32. The lowest BCUT2D eigenvalue weighted by Gasteiger charge is -2.09. The summed E-state index contributed by atoms with van der Waals surface area (Å²) in [6, 6.07) is 16.1. The summed E-state index contributed by atoms with van der Waals surface area (Å²) in [7, 11) is 0. The third-order valence-electron chi connectivity index (χ3n) is 4.32. The van der Waals surface area contributed by atoms with Gasteiger partial charge in [-0.25, -0.2) is 4.79 Å². The number of esters is 1. The average molecular weight is 517 g/mol. The van der Waals surface area contributed by atoms with Crippen LogP contribution in [0.4, 0.5) is 11.4 Å². The van der Waals surface area contributed by atoms with Gasteiger partial charge in [0.05, 0.1) is 26.2 Å². The van der Waals surface area contributed by atoms with Crippen molar-refractivity contribution in [2.45, 2.75) is 0 Å². The van der Waals surface area contributed by atoms with Crippen molar-refractivity contribution in [1.82, 2.24) is 0 Å². The minimum Gasteiger partial charge on any atom is -0.423 e. The molecule has 0 aromatic heterocycles. The first-order valence-corrected chi connectivity index (χ1v) is 10.5. The molecular weight excluding hydrogens is 505 g/mol. The van der Waals surface area contributed by atoms with Gasteiger partial charge >= 0.3 is 5.97 Å². The maximum atomic E-state index is 12.5. The van der Waals surface area contributed by atoms with Gasteiger partial charge in [0.2, 0.25) is 0 Å². The largest absolute Gasteiger partial charge is 0.423 e. The van der Waals surface area contributed by atoms with Crippen LogP contribution in [0.1, 0.15) is 15.9 Å². The third-order valence-corrected chi connectivity index (χ3v) is 5.17. The molecule has 0 bridgehead atoms. The van der Waals surface area contributed by atoms with E-state index in [2.05, 4.69) is 5.32 Å². The van der Waals surface area contributed by atoms with E-state index in [4.69, 9.17) is 39.5 Å². The highest BCUT2D eigenvalue weighted by atomic mass is 35.5. The number of nitrogens with one attached hydrogen (secondary N) is 1. The highest BCUT2D eigenvalue weighted by molar-refractivity contribution is 6.40. The van der Waals surface area contributed by atoms with Crippen molar-refractivity contribution >= 4 is 64.1 Å². The van der Waals surface area contributed by atoms with Crippen molar-refractivity contribution in [1.29, 1.82) is 5.26 Å². The first kappa shape index (κ1) is 24.7. The zero-order valence-electron chi connectivity index (χ0n) is 16.9. The highest BCUT2D eigenvalue weighted by Crippen LogP contribution is 2.35. The van der Waals surface area contributed by atoms with Gasteiger partial charge in [0.15, 0.2) is 0 Å². The van der Waals surface area contributed by atoms with Crippen LogP contribution in [0.2, 0.25) is 15.1 Å². The number of nitro benzene ring substituents is 1. The number of hydrogen-bond acceptors (Lipinski definition) is 6. The van der Waals surface area contributed by atoms with E-state index in [-0.39, 0.29) is 32.7 Å². The lowest BCUT2D eigenvalue weighted by atomic mass is 10.1. The molecule has 11 heteroatoms. The minimum absolute atomic E-state index is 0.0652. The Balaban J connectivity index is 1.73. The van der Waals surface area contributed by atoms with E-state index < -0.39 is 16.8 Å². The number of non-ortho nitro benzene ring substituents is 1. The standard InChI is InChI=1S/C23H12Cl3N3O5/c24-16-5-3-14(4-6-16)23(31)34-18-7-1-13(2-8-18)9-15(12-27)22(30)28-21-19(25)10-17(29(32)33)11-20(21)26/h1-11H,(H,28,30)/b15-9+. The number of halogens is 3. The molecule has 0 fully saturated rings. The summed E-state index contributed by atoms with van der Waals surface area (Å²) in [4.78, 5) is 34.9. The molecule has 0 atom stereocenters. The Labute approximate surface area is 208 Å². The summed E-state index contributed by atoms with van der Waals surface area (Å²) in [5, 5.41) is 22.8. The fourth-order valence-electron chi connectivity index (χ4n) is 2.66. The number of nitriles is 1. The monoisotopic (exact) mass is 515 g/mol. The molecule has 34 heavy (non-hydrogen) atoms. The van der Waals surface area contributed by atoms with E-state index in [0.29, 0.717) is 16.1 Å². The van der Waals surface area contributed by atoms with Gasteiger partial charge < -0.3 is 10.1 Å². The second kappa shape index (κ2) is 10.8. The lowest BCUT2D eigenvalue weighted by Crippen LogP contribution is -2.14. The summed E-state index contributed by atoms with van der Waals surface area (Å²) < 4.78 is 5.28. The Morgan fingerprint density at radius 1 is 1.00 bits per heavy atom. The van der Waals surface area contributed by atoms with Crippen LogP contribution in [0.3, 0.4) is 0 Å². The molecule has 0 saturated carbocycles. The van der Waals surface area contributed by atoms with E-state index in [0.717, 1.165) is 12.1 Å². The molecule has 0 radical (unpaired) electrons. The fraction of sp³-hybridized carbons (Fsp3) is 0. The SMILES string of the molecule is N#C/C(=C\c1ccc(OC(=O)c2ccc(Cl)cc2)cc1)C(=O)Nc1c(Cl)cc([N+](=O)[O-])cc1Cl. The van der Waals surface area contributed by atoms with Crippen molar-refractivity contribution in [3.63, 3.8) is 0 Å². The average Bonchev–Trinajstić information content (AvgIpc) is 2.80. The van der Waals surface area contributed by atoms with Gasteiger partial charge in [-0.05, 0) is 48.0 Å². The molecule has 1 amide bonds. The van der Waals surface area contributed by atoms with Crippen molar-refractivity contribution in [3.05, 3.63) is 103 Å². The van der Waals surface area contributed by atoms with Crippen molar-refractivity contribution < 1.29 is 19.2 Å². The van der Waals surface area contributed by atoms with E-state index in [1.165, 1.54) is 30.3 Å². The molecular formula is C23H12Cl3N3O5. The number of nitro groups is 1. The topological polar surface area (TPSA) is 122 Å². The predicted octanol–water partition coefficient (Wildman–Crippen LogP) is 6.32. The van der Waals surface area contributed by atoms with Crippen molar-refractivity contribution in [3.8, 4) is 11.8 Å². The summed E-state index contributed by atoms with van der Waals surface area (Å²) in [6.07, 6.45) is 1.30. The van der Waals surface area contributed by atoms with Crippen LogP contribution in [0, 0.1) is 21.4 Å². The molecule has 0 saturated heterocycles. The summed E-state index contributed by atoms with van der Waals surface area (Å²) in [5.41, 5.74) is 0.0982. The zero-order chi connectivity index (χ0) is 24.8. The van der Waals surface area contributed by atoms with Crippen LogP contribution in [-0.2, 0) is 4.79 Å². The van der Waals surface area contributed by atoms with E-state index in [1.807, 2.05) is 0 Å². The Morgan fingerprint density at radius 3 is 2.12 bits per heavy atom. The number of ether oxygens (including phenoxy) is 1. The van der Waals surface area contributed by atoms with Crippen molar-refractivity contribution in [2.24, 2.45) is 0 Å². The van der Waals surface area contributed by atoms with Crippen LogP contribution < -0.4 is 10.1 Å². The molecule has 0 aliphatic heterocycles. The highest BCUT2D eigenvalue weighted by Gasteiger charge is 2.18. The molecule has 0 unspecified atom stereocenters. The predicted molar refractivity (Wildman–Crippen MR) is 128 cm³/mol. The maximum absolute atomic E-state index is 12.5. The Kier molecular flexibility index (Phi) is 7.87. The second-order valence-corrected chi connectivity index (χ2v) is 7.88. The number of anilines is 1. The summed E-state index contributed by atoms with van der Waals surface area (Å²) >= 11 is 17.8. The number of amides is 1. The van der Waals surface area contributed by atoms with Crippen LogP contribution in [0.5, 0.6) is 5.75 Å². The van der Waals surface area contributed by atoms with Gasteiger partial charge in [-0.1, -0.05) is 46.9 Å². The molecule has 3 aromatic rings. The van der Waals surface area contributed by atoms with Crippen LogP contribution in [0.15, 0.2) is 66.2 Å². The van der Waals surface area contributed by atoms with E-state index in [1.54, 1.807) is 30.3 Å². The molecule has 0 aliphatic rings. The normalized spacial score (nSPS) is 10.8. The van der Waals surface area contributed by atoms with E-state index >= 15 is 0 Å². The van der Waals surface area contributed by atoms with Crippen LogP contribution in [0.25, 0.3) is 6.08 Å². The van der Waals surface area contributed by atoms with Gasteiger partial charge in [-0.2, -0.15) is 5.26 Å². The Morgan fingerprint density at radius 2 is 1.59 bits per heavy atom. The second-order valence-electron chi connectivity index (χ2n) is 6.63. The molecule has 8 nitrogen and oxygen atoms in total. The molecule has 1 N–H and O–H groups in total. The lowest BCUT2D eigenvalue weighted by molar-refractivity contribution is -0.384. The quantitative estimate of drug-likeness (QED) is 0.102. The first-order chi connectivity index (χ1) is 16.2. The summed E-state index contributed by atoms with van der Waals surface area (Å²) in [5.74, 6) is -1.14. The molecule has 3 aromatic carbocycles. The van der Waals surface area contributed by atoms with Gasteiger partial charge in [0, 0.05) is 17.2 Å². The number of carbonyl (C=O) groups excluding carboxylic acids is 2. The van der Waals surface area contributed by atoms with Crippen molar-refractivity contribution in [2.75, 3.05) is 5.32 Å². The summed E-state index contributed by atoms with van der Waals surface area (Å²) in [6.45, 7) is 0. The Hall–Kier alpha value is -3.90. The molecule has 0 aliphatic carbocycles. The molecule has 3 rings (SSSR count). The van der Waals surface area contributed by atoms with Gasteiger partial charge in [-0.15, -0.1) is 0 Å². The minimum atomic E-state index is -0.821. The van der Waals surface area contributed by atoms with Gasteiger partial charge in [0.25, 0.3) is 11.6 Å². The maximum Gasteiger partial charge on any atom is 0.343 e. The number of hydrogen-bond donors (Lipinski definition) is 1. The Bertz CT molecular complexity index is 1320. The molecule has 170 valence electrons. The number of benzene rings is 3. The smallest absolute Gasteiger partial charge is 0.343 e. The third kappa shape index (κ3) is 6.11. The number of rotatable bonds is 6. The zero-order valence-corrected chi connectivity index (χ0v) is 19.2. The van der Waals surface area contributed by atoms with Crippen LogP contribution in [-0.4, -0.2) is 16.8 Å². The molecule has 0 heterocycles. The van der Waals surface area contributed by atoms with E-state index in [9.17, 15) is 25.0 Å².